The summed E-state index contributed by atoms with van der Waals surface area (Å²) in [7, 11) is 0. The molecule has 90 valence electrons. The average molecular weight is 238 g/mol. The zero-order valence-corrected chi connectivity index (χ0v) is 10.4. The molecule has 2 nitrogen and oxygen atoms in total. The van der Waals surface area contributed by atoms with Crippen LogP contribution < -0.4 is 0 Å². The summed E-state index contributed by atoms with van der Waals surface area (Å²) in [6, 6.07) is 3.28. The Morgan fingerprint density at radius 2 is 2.00 bits per heavy atom. The Morgan fingerprint density at radius 3 is 2.67 bits per heavy atom. The van der Waals surface area contributed by atoms with Gasteiger partial charge in [-0.3, -0.25) is 4.79 Å². The molecule has 0 bridgehead atoms. The van der Waals surface area contributed by atoms with Crippen LogP contribution in [0, 0.1) is 25.7 Å². The lowest BCUT2D eigenvalue weighted by Crippen LogP contribution is -1.98. The number of hydrogen-bond donors (Lipinski definition) is 1. The summed E-state index contributed by atoms with van der Waals surface area (Å²) in [5.74, 6) is 5.05. The van der Waals surface area contributed by atoms with Gasteiger partial charge in [0.05, 0.1) is 5.56 Å². The van der Waals surface area contributed by atoms with E-state index in [2.05, 4.69) is 11.8 Å². The van der Waals surface area contributed by atoms with Crippen molar-refractivity contribution in [1.82, 2.24) is 0 Å². The average Bonchev–Trinajstić information content (AvgIpc) is 2.84. The SMILES string of the molecule is Cc1cc(O)c(C(=O)C#CC2=CC=CC2)cc1C. The summed E-state index contributed by atoms with van der Waals surface area (Å²) < 4.78 is 0. The van der Waals surface area contributed by atoms with Crippen LogP contribution in [0.25, 0.3) is 0 Å². The maximum atomic E-state index is 11.9. The summed E-state index contributed by atoms with van der Waals surface area (Å²) >= 11 is 0. The molecule has 0 spiro atoms. The molecule has 18 heavy (non-hydrogen) atoms. The lowest BCUT2D eigenvalue weighted by atomic mass is 10.0. The van der Waals surface area contributed by atoms with Crippen molar-refractivity contribution in [1.29, 1.82) is 0 Å². The molecule has 2 rings (SSSR count). The van der Waals surface area contributed by atoms with Crippen LogP contribution in [0.15, 0.2) is 35.9 Å². The van der Waals surface area contributed by atoms with Crippen molar-refractivity contribution in [3.63, 3.8) is 0 Å². The van der Waals surface area contributed by atoms with E-state index in [0.717, 1.165) is 23.1 Å². The third-order valence-corrected chi connectivity index (χ3v) is 2.96. The summed E-state index contributed by atoms with van der Waals surface area (Å²) in [5, 5.41) is 9.76. The first kappa shape index (κ1) is 12.2. The number of hydrogen-bond acceptors (Lipinski definition) is 2. The van der Waals surface area contributed by atoms with Gasteiger partial charge in [-0.15, -0.1) is 0 Å². The molecule has 1 aromatic carbocycles. The van der Waals surface area contributed by atoms with E-state index in [-0.39, 0.29) is 17.1 Å². The predicted octanol–water partition coefficient (Wildman–Crippen LogP) is 3.08. The normalized spacial score (nSPS) is 12.9. The number of phenolic OH excluding ortho intramolecular Hbond substituents is 1. The Morgan fingerprint density at radius 1 is 1.28 bits per heavy atom. The maximum Gasteiger partial charge on any atom is 0.239 e. The van der Waals surface area contributed by atoms with Crippen LogP contribution in [0.2, 0.25) is 0 Å². The number of rotatable bonds is 1. The number of carbonyl (C=O) groups is 1. The van der Waals surface area contributed by atoms with Crippen LogP contribution in [0.3, 0.4) is 0 Å². The molecule has 0 fully saturated rings. The van der Waals surface area contributed by atoms with E-state index in [9.17, 15) is 9.90 Å². The number of aryl methyl sites for hydroxylation is 2. The monoisotopic (exact) mass is 238 g/mol. The Labute approximate surface area is 107 Å². The van der Waals surface area contributed by atoms with Gasteiger partial charge >= 0.3 is 0 Å². The second-order valence-electron chi connectivity index (χ2n) is 4.36. The molecule has 1 aliphatic rings. The highest BCUT2D eigenvalue weighted by molar-refractivity contribution is 6.11. The smallest absolute Gasteiger partial charge is 0.239 e. The first-order valence-corrected chi connectivity index (χ1v) is 5.80. The van der Waals surface area contributed by atoms with Crippen molar-refractivity contribution in [3.05, 3.63) is 52.6 Å². The first-order chi connectivity index (χ1) is 8.58. The standard InChI is InChI=1S/C16H14O2/c1-11-9-14(16(18)10-12(11)2)15(17)8-7-13-5-3-4-6-13/h3-5,9-10,18H,6H2,1-2H3. The van der Waals surface area contributed by atoms with Gasteiger partial charge in [0.2, 0.25) is 5.78 Å². The number of ketones is 1. The Balaban J connectivity index is 2.26. The molecule has 0 heterocycles. The van der Waals surface area contributed by atoms with Crippen molar-refractivity contribution < 1.29 is 9.90 Å². The minimum atomic E-state index is -0.344. The second-order valence-corrected chi connectivity index (χ2v) is 4.36. The zero-order chi connectivity index (χ0) is 13.1. The molecule has 0 unspecified atom stereocenters. The lowest BCUT2D eigenvalue weighted by Gasteiger charge is -2.04. The fraction of sp³-hybridized carbons (Fsp3) is 0.188. The topological polar surface area (TPSA) is 37.3 Å². The number of allylic oxidation sites excluding steroid dienone is 4. The first-order valence-electron chi connectivity index (χ1n) is 5.80. The molecule has 1 N–H and O–H groups in total. The molecule has 2 heteroatoms. The van der Waals surface area contributed by atoms with Crippen LogP contribution in [0.5, 0.6) is 5.75 Å². The van der Waals surface area contributed by atoms with Gasteiger partial charge in [-0.25, -0.2) is 0 Å². The molecule has 0 atom stereocenters. The van der Waals surface area contributed by atoms with Crippen molar-refractivity contribution in [2.75, 3.05) is 0 Å². The molecule has 0 aliphatic heterocycles. The molecule has 0 amide bonds. The Kier molecular flexibility index (Phi) is 3.34. The second kappa shape index (κ2) is 4.93. The van der Waals surface area contributed by atoms with Crippen molar-refractivity contribution >= 4 is 5.78 Å². The molecular formula is C16H14O2. The number of Topliss-reactive ketones (excluding diaryl/α,β-unsaturated/α-hetero) is 1. The Hall–Kier alpha value is -2.27. The molecule has 0 saturated carbocycles. The number of carbonyl (C=O) groups excluding carboxylic acids is 1. The zero-order valence-electron chi connectivity index (χ0n) is 10.4. The third kappa shape index (κ3) is 2.52. The summed E-state index contributed by atoms with van der Waals surface area (Å²) in [4.78, 5) is 11.9. The fourth-order valence-electron chi connectivity index (χ4n) is 1.73. The lowest BCUT2D eigenvalue weighted by molar-refractivity contribution is 0.105. The van der Waals surface area contributed by atoms with Crippen LogP contribution in [0.1, 0.15) is 27.9 Å². The van der Waals surface area contributed by atoms with E-state index in [0.29, 0.717) is 0 Å². The van der Waals surface area contributed by atoms with E-state index < -0.39 is 0 Å². The van der Waals surface area contributed by atoms with Crippen LogP contribution in [-0.2, 0) is 0 Å². The predicted molar refractivity (Wildman–Crippen MR) is 71.5 cm³/mol. The van der Waals surface area contributed by atoms with Gasteiger partial charge in [0, 0.05) is 5.57 Å². The third-order valence-electron chi connectivity index (χ3n) is 2.96. The van der Waals surface area contributed by atoms with Crippen LogP contribution >= 0.6 is 0 Å². The quantitative estimate of drug-likeness (QED) is 0.464. The highest BCUT2D eigenvalue weighted by Crippen LogP contribution is 2.22. The van der Waals surface area contributed by atoms with E-state index in [4.69, 9.17) is 0 Å². The molecule has 0 aromatic heterocycles. The highest BCUT2D eigenvalue weighted by Gasteiger charge is 2.10. The van der Waals surface area contributed by atoms with Crippen molar-refractivity contribution in [2.24, 2.45) is 0 Å². The van der Waals surface area contributed by atoms with Gasteiger partial charge < -0.3 is 5.11 Å². The van der Waals surface area contributed by atoms with E-state index in [1.165, 1.54) is 0 Å². The van der Waals surface area contributed by atoms with E-state index in [1.807, 2.05) is 32.1 Å². The molecule has 1 aliphatic carbocycles. The molecule has 1 aromatic rings. The minimum Gasteiger partial charge on any atom is -0.507 e. The number of benzene rings is 1. The fourth-order valence-corrected chi connectivity index (χ4v) is 1.73. The Bertz CT molecular complexity index is 622. The molecular weight excluding hydrogens is 224 g/mol. The van der Waals surface area contributed by atoms with Crippen molar-refractivity contribution in [2.45, 2.75) is 20.3 Å². The largest absolute Gasteiger partial charge is 0.507 e. The van der Waals surface area contributed by atoms with Crippen LogP contribution in [-0.4, -0.2) is 10.9 Å². The molecule has 0 saturated heterocycles. The number of phenols is 1. The highest BCUT2D eigenvalue weighted by atomic mass is 16.3. The van der Waals surface area contributed by atoms with Gasteiger partial charge in [-0.05, 0) is 49.4 Å². The number of aromatic hydroxyl groups is 1. The van der Waals surface area contributed by atoms with Gasteiger partial charge in [0.25, 0.3) is 0 Å². The summed E-state index contributed by atoms with van der Waals surface area (Å²) in [6.45, 7) is 3.80. The molecule has 0 radical (unpaired) electrons. The van der Waals surface area contributed by atoms with Crippen LogP contribution in [0.4, 0.5) is 0 Å². The van der Waals surface area contributed by atoms with Gasteiger partial charge in [0.15, 0.2) is 0 Å². The van der Waals surface area contributed by atoms with E-state index in [1.54, 1.807) is 12.1 Å². The summed E-state index contributed by atoms with van der Waals surface area (Å²) in [6.07, 6.45) is 6.57. The minimum absolute atomic E-state index is 0.00377. The van der Waals surface area contributed by atoms with Gasteiger partial charge in [0.1, 0.15) is 5.75 Å². The maximum absolute atomic E-state index is 11.9. The van der Waals surface area contributed by atoms with Crippen molar-refractivity contribution in [3.8, 4) is 17.6 Å². The van der Waals surface area contributed by atoms with Gasteiger partial charge in [-0.2, -0.15) is 0 Å². The van der Waals surface area contributed by atoms with E-state index >= 15 is 0 Å². The summed E-state index contributed by atoms with van der Waals surface area (Å²) in [5.41, 5.74) is 3.13. The van der Waals surface area contributed by atoms with Gasteiger partial charge in [-0.1, -0.05) is 24.1 Å².